The lowest BCUT2D eigenvalue weighted by Crippen LogP contribution is -2.56. The van der Waals surface area contributed by atoms with Crippen LogP contribution in [0.1, 0.15) is 23.2 Å². The SMILES string of the molecule is COC1CCN(c2ccc(C(=O)N3CC(Oc4nccs4)C3)cc2)CC1. The normalized spacial score (nSPS) is 18.7. The maximum Gasteiger partial charge on any atom is 0.273 e. The van der Waals surface area contributed by atoms with Crippen LogP contribution >= 0.6 is 11.3 Å². The summed E-state index contributed by atoms with van der Waals surface area (Å²) in [6, 6.07) is 7.94. The molecule has 2 fully saturated rings. The summed E-state index contributed by atoms with van der Waals surface area (Å²) in [6.45, 7) is 3.22. The Bertz CT molecular complexity index is 721. The number of amides is 1. The first kappa shape index (κ1) is 17.3. The molecule has 0 bridgehead atoms. The van der Waals surface area contributed by atoms with E-state index in [4.69, 9.17) is 9.47 Å². The minimum absolute atomic E-state index is 0.0476. The summed E-state index contributed by atoms with van der Waals surface area (Å²) in [7, 11) is 1.78. The molecule has 2 aliphatic heterocycles. The summed E-state index contributed by atoms with van der Waals surface area (Å²) >= 11 is 1.47. The van der Waals surface area contributed by atoms with Crippen LogP contribution in [0.25, 0.3) is 0 Å². The zero-order valence-electron chi connectivity index (χ0n) is 14.8. The number of rotatable bonds is 5. The molecule has 0 unspecified atom stereocenters. The summed E-state index contributed by atoms with van der Waals surface area (Å²) in [6.07, 6.45) is 4.24. The number of carbonyl (C=O) groups is 1. The van der Waals surface area contributed by atoms with E-state index < -0.39 is 0 Å². The molecule has 1 aromatic carbocycles. The van der Waals surface area contributed by atoms with Gasteiger partial charge in [0, 0.05) is 43.0 Å². The predicted molar refractivity (Wildman–Crippen MR) is 101 cm³/mol. The average molecular weight is 373 g/mol. The molecule has 2 aliphatic rings. The van der Waals surface area contributed by atoms with Crippen molar-refractivity contribution in [3.63, 3.8) is 0 Å². The van der Waals surface area contributed by atoms with E-state index in [1.165, 1.54) is 17.0 Å². The van der Waals surface area contributed by atoms with E-state index in [1.807, 2.05) is 34.5 Å². The summed E-state index contributed by atoms with van der Waals surface area (Å²) in [5.41, 5.74) is 1.90. The van der Waals surface area contributed by atoms with Gasteiger partial charge in [-0.15, -0.1) is 0 Å². The number of likely N-dealkylation sites (tertiary alicyclic amines) is 1. The number of benzene rings is 1. The van der Waals surface area contributed by atoms with Crippen LogP contribution in [-0.2, 0) is 4.74 Å². The lowest BCUT2D eigenvalue weighted by Gasteiger charge is -2.38. The van der Waals surface area contributed by atoms with Gasteiger partial charge in [0.05, 0.1) is 19.2 Å². The Balaban J connectivity index is 1.29. The van der Waals surface area contributed by atoms with Crippen LogP contribution in [0, 0.1) is 0 Å². The van der Waals surface area contributed by atoms with E-state index in [2.05, 4.69) is 9.88 Å². The molecule has 3 heterocycles. The summed E-state index contributed by atoms with van der Waals surface area (Å²) in [4.78, 5) is 20.9. The van der Waals surface area contributed by atoms with Crippen molar-refractivity contribution in [2.75, 3.05) is 38.2 Å². The Morgan fingerprint density at radius 2 is 1.88 bits per heavy atom. The molecule has 2 aromatic rings. The van der Waals surface area contributed by atoms with E-state index in [1.54, 1.807) is 13.3 Å². The molecule has 0 atom stereocenters. The fraction of sp³-hybridized carbons (Fsp3) is 0.474. The van der Waals surface area contributed by atoms with Gasteiger partial charge in [0.2, 0.25) is 0 Å². The number of hydrogen-bond acceptors (Lipinski definition) is 6. The molecule has 0 saturated carbocycles. The number of ether oxygens (including phenoxy) is 2. The number of nitrogens with zero attached hydrogens (tertiary/aromatic N) is 3. The zero-order chi connectivity index (χ0) is 17.9. The molecule has 0 N–H and O–H groups in total. The third-order valence-electron chi connectivity index (χ3n) is 5.07. The molecule has 0 aliphatic carbocycles. The van der Waals surface area contributed by atoms with Crippen molar-refractivity contribution in [1.29, 1.82) is 0 Å². The van der Waals surface area contributed by atoms with Gasteiger partial charge in [0.1, 0.15) is 6.10 Å². The van der Waals surface area contributed by atoms with Crippen molar-refractivity contribution in [1.82, 2.24) is 9.88 Å². The van der Waals surface area contributed by atoms with E-state index in [9.17, 15) is 4.79 Å². The first-order valence-corrected chi connectivity index (χ1v) is 9.84. The van der Waals surface area contributed by atoms with Crippen molar-refractivity contribution in [2.45, 2.75) is 25.0 Å². The molecule has 138 valence electrons. The van der Waals surface area contributed by atoms with Crippen molar-refractivity contribution < 1.29 is 14.3 Å². The van der Waals surface area contributed by atoms with E-state index in [0.29, 0.717) is 24.4 Å². The molecule has 7 heteroatoms. The fourth-order valence-corrected chi connectivity index (χ4v) is 3.99. The second-order valence-corrected chi connectivity index (χ2v) is 7.57. The molecule has 1 amide bonds. The third-order valence-corrected chi connectivity index (χ3v) is 5.73. The highest BCUT2D eigenvalue weighted by Crippen LogP contribution is 2.24. The van der Waals surface area contributed by atoms with Gasteiger partial charge in [0.15, 0.2) is 0 Å². The topological polar surface area (TPSA) is 54.9 Å². The second kappa shape index (κ2) is 7.63. The zero-order valence-corrected chi connectivity index (χ0v) is 15.7. The molecule has 0 radical (unpaired) electrons. The fourth-order valence-electron chi connectivity index (χ4n) is 3.44. The highest BCUT2D eigenvalue weighted by atomic mass is 32.1. The van der Waals surface area contributed by atoms with Crippen molar-refractivity contribution in [3.05, 3.63) is 41.4 Å². The number of carbonyl (C=O) groups excluding carboxylic acids is 1. The van der Waals surface area contributed by atoms with Gasteiger partial charge in [-0.2, -0.15) is 0 Å². The predicted octanol–water partition coefficient (Wildman–Crippen LogP) is 2.66. The van der Waals surface area contributed by atoms with Gasteiger partial charge < -0.3 is 19.3 Å². The molecular formula is C19H23N3O3S. The van der Waals surface area contributed by atoms with Gasteiger partial charge in [-0.05, 0) is 37.1 Å². The lowest BCUT2D eigenvalue weighted by molar-refractivity contribution is 0.0177. The van der Waals surface area contributed by atoms with E-state index in [-0.39, 0.29) is 12.0 Å². The smallest absolute Gasteiger partial charge is 0.273 e. The van der Waals surface area contributed by atoms with E-state index in [0.717, 1.165) is 31.5 Å². The molecule has 0 spiro atoms. The van der Waals surface area contributed by atoms with Crippen LogP contribution < -0.4 is 9.64 Å². The number of anilines is 1. The number of aromatic nitrogens is 1. The number of hydrogen-bond donors (Lipinski definition) is 0. The minimum atomic E-state index is 0.0476. The summed E-state index contributed by atoms with van der Waals surface area (Å²) in [5, 5.41) is 2.56. The van der Waals surface area contributed by atoms with Crippen LogP contribution in [0.3, 0.4) is 0 Å². The van der Waals surface area contributed by atoms with Crippen molar-refractivity contribution >= 4 is 22.9 Å². The van der Waals surface area contributed by atoms with Crippen LogP contribution in [0.15, 0.2) is 35.8 Å². The summed E-state index contributed by atoms with van der Waals surface area (Å²) in [5.74, 6) is 0.0635. The second-order valence-electron chi connectivity index (χ2n) is 6.72. The Kier molecular flexibility index (Phi) is 5.08. The van der Waals surface area contributed by atoms with Gasteiger partial charge in [-0.3, -0.25) is 4.79 Å². The molecule has 26 heavy (non-hydrogen) atoms. The largest absolute Gasteiger partial charge is 0.463 e. The highest BCUT2D eigenvalue weighted by Gasteiger charge is 2.33. The van der Waals surface area contributed by atoms with Crippen LogP contribution in [0.2, 0.25) is 0 Å². The van der Waals surface area contributed by atoms with Gasteiger partial charge >= 0.3 is 0 Å². The Labute approximate surface area is 157 Å². The molecular weight excluding hydrogens is 350 g/mol. The summed E-state index contributed by atoms with van der Waals surface area (Å²) < 4.78 is 11.1. The van der Waals surface area contributed by atoms with Gasteiger partial charge in [-0.25, -0.2) is 4.98 Å². The average Bonchev–Trinajstić information content (AvgIpc) is 3.17. The quantitative estimate of drug-likeness (QED) is 0.807. The van der Waals surface area contributed by atoms with E-state index >= 15 is 0 Å². The third kappa shape index (κ3) is 3.68. The maximum absolute atomic E-state index is 12.6. The standard InChI is InChI=1S/C19H23N3O3S/c1-24-16-6-9-21(10-7-16)15-4-2-14(3-5-15)18(23)22-12-17(13-22)25-19-20-8-11-26-19/h2-5,8,11,16-17H,6-7,9-10,12-13H2,1H3. The number of methoxy groups -OCH3 is 1. The van der Waals surface area contributed by atoms with Crippen LogP contribution in [0.5, 0.6) is 5.19 Å². The number of thiazole rings is 1. The van der Waals surface area contributed by atoms with Crippen molar-refractivity contribution in [2.24, 2.45) is 0 Å². The lowest BCUT2D eigenvalue weighted by atomic mass is 10.1. The molecule has 4 rings (SSSR count). The Morgan fingerprint density at radius 3 is 2.50 bits per heavy atom. The molecule has 2 saturated heterocycles. The Morgan fingerprint density at radius 1 is 1.15 bits per heavy atom. The highest BCUT2D eigenvalue weighted by molar-refractivity contribution is 7.11. The first-order chi connectivity index (χ1) is 12.7. The molecule has 6 nitrogen and oxygen atoms in total. The number of piperidine rings is 1. The van der Waals surface area contributed by atoms with Crippen LogP contribution in [-0.4, -0.2) is 61.3 Å². The first-order valence-electron chi connectivity index (χ1n) is 8.96. The van der Waals surface area contributed by atoms with Crippen molar-refractivity contribution in [3.8, 4) is 5.19 Å². The Hall–Kier alpha value is -2.12. The maximum atomic E-state index is 12.6. The monoisotopic (exact) mass is 373 g/mol. The van der Waals surface area contributed by atoms with Crippen LogP contribution in [0.4, 0.5) is 5.69 Å². The van der Waals surface area contributed by atoms with Gasteiger partial charge in [0.25, 0.3) is 11.1 Å². The minimum Gasteiger partial charge on any atom is -0.463 e. The van der Waals surface area contributed by atoms with Gasteiger partial charge in [-0.1, -0.05) is 11.3 Å². The molecule has 1 aromatic heterocycles.